The number of nitrogens with two attached hydrogens (primary N) is 2. The van der Waals surface area contributed by atoms with Crippen LogP contribution in [0.2, 0.25) is 5.02 Å². The Balaban J connectivity index is 1.74. The molecule has 3 rings (SSSR count). The maximum absolute atomic E-state index is 13.1. The van der Waals surface area contributed by atoms with Crippen molar-refractivity contribution < 1.29 is 34.1 Å². The number of hydrogen-bond acceptors (Lipinski definition) is 6. The van der Waals surface area contributed by atoms with Crippen molar-refractivity contribution in [3.05, 3.63) is 94.5 Å². The van der Waals surface area contributed by atoms with Crippen LogP contribution in [0.25, 0.3) is 0 Å². The number of ether oxygens (including phenoxy) is 1. The number of rotatable bonds is 11. The molecule has 0 aliphatic rings. The van der Waals surface area contributed by atoms with Gasteiger partial charge in [0.05, 0.1) is 17.7 Å². The molecular weight excluding hydrogens is 528 g/mol. The number of carboxylic acids is 2. The first-order valence-electron chi connectivity index (χ1n) is 11.5. The minimum absolute atomic E-state index is 0.0713. The van der Waals surface area contributed by atoms with E-state index in [4.69, 9.17) is 27.8 Å². The van der Waals surface area contributed by atoms with Crippen LogP contribution in [0.1, 0.15) is 21.5 Å². The Labute approximate surface area is 228 Å². The number of halogens is 1. The quantitative estimate of drug-likeness (QED) is 0.120. The monoisotopic (exact) mass is 552 g/mol. The van der Waals surface area contributed by atoms with Crippen molar-refractivity contribution in [3.8, 4) is 5.75 Å². The predicted octanol–water partition coefficient (Wildman–Crippen LogP) is 2.62. The van der Waals surface area contributed by atoms with Gasteiger partial charge in [-0.2, -0.15) is 0 Å². The maximum Gasteiger partial charge on any atom is 0.343 e. The van der Waals surface area contributed by atoms with Gasteiger partial charge in [-0.25, -0.2) is 14.6 Å². The lowest BCUT2D eigenvalue weighted by Crippen LogP contribution is -2.49. The van der Waals surface area contributed by atoms with Crippen LogP contribution < -0.4 is 16.2 Å². The third kappa shape index (κ3) is 8.30. The van der Waals surface area contributed by atoms with Crippen LogP contribution in [-0.2, 0) is 27.2 Å². The van der Waals surface area contributed by atoms with E-state index < -0.39 is 36.4 Å². The average molecular weight is 553 g/mol. The van der Waals surface area contributed by atoms with Gasteiger partial charge < -0.3 is 31.3 Å². The molecule has 3 aromatic rings. The Bertz CT molecular complexity index is 1390. The Morgan fingerprint density at radius 2 is 1.62 bits per heavy atom. The van der Waals surface area contributed by atoms with Crippen LogP contribution >= 0.6 is 11.6 Å². The van der Waals surface area contributed by atoms with Gasteiger partial charge in [0.15, 0.2) is 5.96 Å². The van der Waals surface area contributed by atoms with Gasteiger partial charge in [0.1, 0.15) is 18.3 Å². The molecule has 11 nitrogen and oxygen atoms in total. The number of nitrogens with zero attached hydrogens (tertiary/aromatic N) is 2. The largest absolute Gasteiger partial charge is 0.480 e. The standard InChI is InChI=1S/C27H25ClN4O7/c28-21-14-20(39-26(38)17-6-9-19(10-7-17)31-27(29)30)11-8-18(21)13-23(33)32(15-24(34)35)22(25(36)37)12-16-4-2-1-3-5-16/h1-11,14,22H,12-13,15H2,(H,34,35)(H,36,37)(H4,29,30,31). The van der Waals surface area contributed by atoms with Crippen molar-refractivity contribution in [2.75, 3.05) is 6.54 Å². The number of carbonyl (C=O) groups is 4. The lowest BCUT2D eigenvalue weighted by Gasteiger charge is -2.28. The average Bonchev–Trinajstić information content (AvgIpc) is 2.88. The van der Waals surface area contributed by atoms with Crippen molar-refractivity contribution >= 4 is 47.1 Å². The van der Waals surface area contributed by atoms with Gasteiger partial charge >= 0.3 is 17.9 Å². The molecular formula is C27H25ClN4O7. The van der Waals surface area contributed by atoms with E-state index in [0.29, 0.717) is 16.8 Å². The number of amides is 1. The fourth-order valence-electron chi connectivity index (χ4n) is 3.67. The van der Waals surface area contributed by atoms with Crippen molar-refractivity contribution in [1.82, 2.24) is 4.90 Å². The molecule has 0 heterocycles. The van der Waals surface area contributed by atoms with E-state index in [1.807, 2.05) is 0 Å². The van der Waals surface area contributed by atoms with Crippen molar-refractivity contribution in [2.45, 2.75) is 18.9 Å². The zero-order valence-corrected chi connectivity index (χ0v) is 21.2. The molecule has 1 amide bonds. The summed E-state index contributed by atoms with van der Waals surface area (Å²) in [5.41, 5.74) is 12.3. The molecule has 0 spiro atoms. The van der Waals surface area contributed by atoms with Gasteiger partial charge in [-0.15, -0.1) is 0 Å². The van der Waals surface area contributed by atoms with Crippen LogP contribution in [0.3, 0.4) is 0 Å². The number of hydrogen-bond donors (Lipinski definition) is 4. The summed E-state index contributed by atoms with van der Waals surface area (Å²) >= 11 is 6.32. The van der Waals surface area contributed by atoms with Gasteiger partial charge in [-0.05, 0) is 47.5 Å². The first-order chi connectivity index (χ1) is 18.5. The Kier molecular flexibility index (Phi) is 9.60. The number of carboxylic acid groups (broad SMARTS) is 2. The van der Waals surface area contributed by atoms with Crippen LogP contribution in [0.5, 0.6) is 5.75 Å². The van der Waals surface area contributed by atoms with Crippen molar-refractivity contribution in [2.24, 2.45) is 16.5 Å². The third-order valence-electron chi connectivity index (χ3n) is 5.50. The summed E-state index contributed by atoms with van der Waals surface area (Å²) < 4.78 is 5.34. The molecule has 0 saturated carbocycles. The van der Waals surface area contributed by atoms with Gasteiger partial charge in [-0.3, -0.25) is 9.59 Å². The van der Waals surface area contributed by atoms with Gasteiger partial charge in [0.2, 0.25) is 5.91 Å². The Morgan fingerprint density at radius 1 is 0.949 bits per heavy atom. The summed E-state index contributed by atoms with van der Waals surface area (Å²) in [4.78, 5) is 53.7. The van der Waals surface area contributed by atoms with Crippen LogP contribution in [0.15, 0.2) is 77.8 Å². The molecule has 39 heavy (non-hydrogen) atoms. The zero-order chi connectivity index (χ0) is 28.5. The van der Waals surface area contributed by atoms with Crippen LogP contribution in [0, 0.1) is 0 Å². The molecule has 0 bridgehead atoms. The minimum Gasteiger partial charge on any atom is -0.480 e. The smallest absolute Gasteiger partial charge is 0.343 e. The second kappa shape index (κ2) is 13.1. The van der Waals surface area contributed by atoms with E-state index in [0.717, 1.165) is 4.90 Å². The Hall–Kier alpha value is -4.90. The molecule has 6 N–H and O–H groups in total. The first-order valence-corrected chi connectivity index (χ1v) is 11.9. The van der Waals surface area contributed by atoms with E-state index in [1.54, 1.807) is 30.3 Å². The lowest BCUT2D eigenvalue weighted by molar-refractivity contribution is -0.154. The van der Waals surface area contributed by atoms with Crippen LogP contribution in [0.4, 0.5) is 5.69 Å². The fourth-order valence-corrected chi connectivity index (χ4v) is 3.91. The molecule has 0 saturated heterocycles. The molecule has 12 heteroatoms. The lowest BCUT2D eigenvalue weighted by atomic mass is 10.0. The second-order valence-electron chi connectivity index (χ2n) is 8.36. The van der Waals surface area contributed by atoms with Crippen molar-refractivity contribution in [1.29, 1.82) is 0 Å². The molecule has 0 radical (unpaired) electrons. The van der Waals surface area contributed by atoms with Crippen molar-refractivity contribution in [3.63, 3.8) is 0 Å². The molecule has 1 atom stereocenters. The summed E-state index contributed by atoms with van der Waals surface area (Å²) in [7, 11) is 0. The van der Waals surface area contributed by atoms with Gasteiger partial charge in [-0.1, -0.05) is 48.0 Å². The second-order valence-corrected chi connectivity index (χ2v) is 8.77. The van der Waals surface area contributed by atoms with E-state index in [1.165, 1.54) is 42.5 Å². The summed E-state index contributed by atoms with van der Waals surface area (Å²) in [6.45, 7) is -0.808. The number of guanidine groups is 1. The fraction of sp³-hybridized carbons (Fsp3) is 0.148. The summed E-state index contributed by atoms with van der Waals surface area (Å²) in [6.07, 6.45) is -0.448. The van der Waals surface area contributed by atoms with E-state index in [2.05, 4.69) is 4.99 Å². The number of benzene rings is 3. The molecule has 3 aromatic carbocycles. The molecule has 1 unspecified atom stereocenters. The highest BCUT2D eigenvalue weighted by molar-refractivity contribution is 6.31. The normalized spacial score (nSPS) is 11.2. The summed E-state index contributed by atoms with van der Waals surface area (Å²) in [5, 5.41) is 19.2. The van der Waals surface area contributed by atoms with Gasteiger partial charge in [0, 0.05) is 11.4 Å². The highest BCUT2D eigenvalue weighted by Gasteiger charge is 2.31. The maximum atomic E-state index is 13.1. The SMILES string of the molecule is NC(N)=Nc1ccc(C(=O)Oc2ccc(CC(=O)N(CC(=O)O)C(Cc3ccccc3)C(=O)O)c(Cl)c2)cc1. The minimum atomic E-state index is -1.41. The molecule has 202 valence electrons. The highest BCUT2D eigenvalue weighted by atomic mass is 35.5. The number of aliphatic carboxylic acids is 2. The first kappa shape index (κ1) is 28.7. The Morgan fingerprint density at radius 3 is 2.18 bits per heavy atom. The third-order valence-corrected chi connectivity index (χ3v) is 5.85. The predicted molar refractivity (Wildman–Crippen MR) is 143 cm³/mol. The van der Waals surface area contributed by atoms with E-state index in [-0.39, 0.29) is 35.1 Å². The zero-order valence-electron chi connectivity index (χ0n) is 20.5. The number of carbonyl (C=O) groups excluding carboxylic acids is 2. The summed E-state index contributed by atoms with van der Waals surface area (Å²) in [5.74, 6) is -4.14. The van der Waals surface area contributed by atoms with E-state index >= 15 is 0 Å². The molecule has 0 aliphatic carbocycles. The summed E-state index contributed by atoms with van der Waals surface area (Å²) in [6, 6.07) is 17.4. The van der Waals surface area contributed by atoms with Crippen LogP contribution in [-0.4, -0.2) is 57.5 Å². The number of aliphatic imine (C=N–C) groups is 1. The topological polar surface area (TPSA) is 186 Å². The molecule has 0 aromatic heterocycles. The van der Waals surface area contributed by atoms with E-state index in [9.17, 15) is 29.4 Å². The molecule has 0 aliphatic heterocycles. The molecule has 0 fully saturated rings. The highest BCUT2D eigenvalue weighted by Crippen LogP contribution is 2.25. The number of esters is 1. The van der Waals surface area contributed by atoms with Gasteiger partial charge in [0.25, 0.3) is 0 Å².